The first kappa shape index (κ1) is 19.4. The Bertz CT molecular complexity index is 984. The van der Waals surface area contributed by atoms with E-state index >= 15 is 0 Å². The van der Waals surface area contributed by atoms with Crippen LogP contribution in [0.1, 0.15) is 5.56 Å². The molecule has 6 nitrogen and oxygen atoms in total. The number of amides is 2. The molecule has 0 unspecified atom stereocenters. The van der Waals surface area contributed by atoms with Crippen molar-refractivity contribution in [1.29, 1.82) is 0 Å². The molecule has 2 amide bonds. The molecule has 1 aromatic heterocycles. The van der Waals surface area contributed by atoms with E-state index < -0.39 is 0 Å². The van der Waals surface area contributed by atoms with Crippen LogP contribution in [0.3, 0.4) is 0 Å². The SMILES string of the molecule is COc1ccc(CCNC(=O)N2CCN(c3nc4c(F)cccc4s3)CC2)cc1. The van der Waals surface area contributed by atoms with Crippen molar-refractivity contribution in [3.05, 3.63) is 53.8 Å². The molecule has 0 bridgehead atoms. The lowest BCUT2D eigenvalue weighted by Gasteiger charge is -2.34. The van der Waals surface area contributed by atoms with Gasteiger partial charge in [-0.3, -0.25) is 0 Å². The maximum atomic E-state index is 13.9. The molecule has 0 atom stereocenters. The van der Waals surface area contributed by atoms with E-state index in [0.29, 0.717) is 38.2 Å². The van der Waals surface area contributed by atoms with Gasteiger partial charge >= 0.3 is 6.03 Å². The number of hydrogen-bond donors (Lipinski definition) is 1. The topological polar surface area (TPSA) is 57.7 Å². The van der Waals surface area contributed by atoms with Gasteiger partial charge in [-0.1, -0.05) is 29.5 Å². The van der Waals surface area contributed by atoms with E-state index in [1.165, 1.54) is 17.4 Å². The highest BCUT2D eigenvalue weighted by molar-refractivity contribution is 7.22. The van der Waals surface area contributed by atoms with Gasteiger partial charge in [-0.25, -0.2) is 14.2 Å². The number of para-hydroxylation sites is 1. The van der Waals surface area contributed by atoms with Crippen LogP contribution in [-0.4, -0.2) is 55.7 Å². The number of aromatic nitrogens is 1. The summed E-state index contributed by atoms with van der Waals surface area (Å²) in [6.45, 7) is 3.20. The summed E-state index contributed by atoms with van der Waals surface area (Å²) in [5.74, 6) is 0.534. The zero-order chi connectivity index (χ0) is 20.2. The zero-order valence-corrected chi connectivity index (χ0v) is 17.0. The number of nitrogens with zero attached hydrogens (tertiary/aromatic N) is 3. The molecule has 2 aromatic carbocycles. The van der Waals surface area contributed by atoms with Gasteiger partial charge in [0.15, 0.2) is 5.13 Å². The molecule has 1 aliphatic rings. The Labute approximate surface area is 172 Å². The predicted molar refractivity (Wildman–Crippen MR) is 113 cm³/mol. The number of carbonyl (C=O) groups excluding carboxylic acids is 1. The molecular formula is C21H23FN4O2S. The summed E-state index contributed by atoms with van der Waals surface area (Å²) in [4.78, 5) is 20.8. The lowest BCUT2D eigenvalue weighted by molar-refractivity contribution is 0.194. The highest BCUT2D eigenvalue weighted by atomic mass is 32.1. The number of benzene rings is 2. The molecule has 1 saturated heterocycles. The van der Waals surface area contributed by atoms with E-state index in [9.17, 15) is 9.18 Å². The van der Waals surface area contributed by atoms with E-state index in [-0.39, 0.29) is 11.8 Å². The minimum atomic E-state index is -0.292. The Balaban J connectivity index is 1.26. The minimum absolute atomic E-state index is 0.0477. The third-order valence-corrected chi connectivity index (χ3v) is 6.13. The average Bonchev–Trinajstić information content (AvgIpc) is 3.20. The maximum Gasteiger partial charge on any atom is 0.317 e. The maximum absolute atomic E-state index is 13.9. The summed E-state index contributed by atoms with van der Waals surface area (Å²) in [6.07, 6.45) is 0.771. The predicted octanol–water partition coefficient (Wildman–Crippen LogP) is 3.52. The number of halogens is 1. The standard InChI is InChI=1S/C21H23FN4O2S/c1-28-16-7-5-15(6-8-16)9-10-23-20(27)25-11-13-26(14-12-25)21-24-19-17(22)3-2-4-18(19)29-21/h2-8H,9-14H2,1H3,(H,23,27). The molecule has 2 heterocycles. The van der Waals surface area contributed by atoms with Crippen molar-refractivity contribution in [2.24, 2.45) is 0 Å². The fourth-order valence-corrected chi connectivity index (χ4v) is 4.39. The largest absolute Gasteiger partial charge is 0.497 e. The molecule has 0 saturated carbocycles. The lowest BCUT2D eigenvalue weighted by atomic mass is 10.1. The molecule has 0 aliphatic carbocycles. The number of fused-ring (bicyclic) bond motifs is 1. The number of piperazine rings is 1. The van der Waals surface area contributed by atoms with Gasteiger partial charge in [-0.2, -0.15) is 0 Å². The molecule has 29 heavy (non-hydrogen) atoms. The van der Waals surface area contributed by atoms with Crippen molar-refractivity contribution in [3.63, 3.8) is 0 Å². The summed E-state index contributed by atoms with van der Waals surface area (Å²) in [7, 11) is 1.64. The van der Waals surface area contributed by atoms with Crippen LogP contribution in [0.5, 0.6) is 5.75 Å². The van der Waals surface area contributed by atoms with Gasteiger partial charge in [0.05, 0.1) is 11.8 Å². The van der Waals surface area contributed by atoms with Gasteiger partial charge in [0, 0.05) is 32.7 Å². The number of carbonyl (C=O) groups is 1. The summed E-state index contributed by atoms with van der Waals surface area (Å²) in [5, 5.41) is 3.80. The fraction of sp³-hybridized carbons (Fsp3) is 0.333. The minimum Gasteiger partial charge on any atom is -0.497 e. The Morgan fingerprint density at radius 3 is 2.62 bits per heavy atom. The fourth-order valence-electron chi connectivity index (χ4n) is 3.36. The quantitative estimate of drug-likeness (QED) is 0.694. The van der Waals surface area contributed by atoms with Crippen LogP contribution in [0.15, 0.2) is 42.5 Å². The van der Waals surface area contributed by atoms with Crippen molar-refractivity contribution >= 4 is 32.7 Å². The number of ether oxygens (including phenoxy) is 1. The van der Waals surface area contributed by atoms with Gasteiger partial charge in [-0.05, 0) is 36.2 Å². The van der Waals surface area contributed by atoms with Crippen LogP contribution in [0.2, 0.25) is 0 Å². The summed E-state index contributed by atoms with van der Waals surface area (Å²) in [5.41, 5.74) is 1.57. The summed E-state index contributed by atoms with van der Waals surface area (Å²) in [6, 6.07) is 12.8. The van der Waals surface area contributed by atoms with Crippen LogP contribution >= 0.6 is 11.3 Å². The average molecular weight is 415 g/mol. The number of hydrogen-bond acceptors (Lipinski definition) is 5. The Morgan fingerprint density at radius 2 is 1.93 bits per heavy atom. The summed E-state index contributed by atoms with van der Waals surface area (Å²) >= 11 is 1.49. The number of methoxy groups -OCH3 is 1. The second kappa shape index (κ2) is 8.65. The van der Waals surface area contributed by atoms with Crippen LogP contribution in [0.4, 0.5) is 14.3 Å². The number of urea groups is 1. The van der Waals surface area contributed by atoms with E-state index in [1.807, 2.05) is 35.2 Å². The van der Waals surface area contributed by atoms with Gasteiger partial charge in [0.25, 0.3) is 0 Å². The van der Waals surface area contributed by atoms with Crippen LogP contribution in [0.25, 0.3) is 10.2 Å². The summed E-state index contributed by atoms with van der Waals surface area (Å²) < 4.78 is 19.9. The number of nitrogens with one attached hydrogen (secondary N) is 1. The number of rotatable bonds is 5. The molecule has 152 valence electrons. The van der Waals surface area contributed by atoms with Crippen molar-refractivity contribution in [2.75, 3.05) is 44.7 Å². The monoisotopic (exact) mass is 414 g/mol. The smallest absolute Gasteiger partial charge is 0.317 e. The van der Waals surface area contributed by atoms with Gasteiger partial charge < -0.3 is 19.9 Å². The van der Waals surface area contributed by atoms with Crippen molar-refractivity contribution in [1.82, 2.24) is 15.2 Å². The van der Waals surface area contributed by atoms with Gasteiger partial charge in [0.2, 0.25) is 0 Å². The molecule has 0 radical (unpaired) electrons. The number of thiazole rings is 1. The van der Waals surface area contributed by atoms with Gasteiger partial charge in [-0.15, -0.1) is 0 Å². The second-order valence-corrected chi connectivity index (χ2v) is 7.90. The van der Waals surface area contributed by atoms with Crippen LogP contribution in [0, 0.1) is 5.82 Å². The van der Waals surface area contributed by atoms with Crippen LogP contribution < -0.4 is 15.0 Å². The highest BCUT2D eigenvalue weighted by Gasteiger charge is 2.23. The van der Waals surface area contributed by atoms with E-state index in [4.69, 9.17) is 4.74 Å². The highest BCUT2D eigenvalue weighted by Crippen LogP contribution is 2.30. The van der Waals surface area contributed by atoms with E-state index in [1.54, 1.807) is 13.2 Å². The Hall–Kier alpha value is -2.87. The third-order valence-electron chi connectivity index (χ3n) is 5.04. The lowest BCUT2D eigenvalue weighted by Crippen LogP contribution is -2.52. The first-order chi connectivity index (χ1) is 14.1. The third kappa shape index (κ3) is 4.42. The second-order valence-electron chi connectivity index (χ2n) is 6.89. The van der Waals surface area contributed by atoms with E-state index in [0.717, 1.165) is 27.6 Å². The molecule has 0 spiro atoms. The van der Waals surface area contributed by atoms with Crippen LogP contribution in [-0.2, 0) is 6.42 Å². The number of anilines is 1. The Kier molecular flexibility index (Phi) is 5.80. The molecule has 1 N–H and O–H groups in total. The van der Waals surface area contributed by atoms with Crippen molar-refractivity contribution < 1.29 is 13.9 Å². The van der Waals surface area contributed by atoms with Crippen molar-refractivity contribution in [2.45, 2.75) is 6.42 Å². The van der Waals surface area contributed by atoms with Crippen molar-refractivity contribution in [3.8, 4) is 5.75 Å². The first-order valence-electron chi connectivity index (χ1n) is 9.60. The Morgan fingerprint density at radius 1 is 1.17 bits per heavy atom. The molecule has 8 heteroatoms. The normalized spacial score (nSPS) is 14.3. The zero-order valence-electron chi connectivity index (χ0n) is 16.2. The molecule has 1 fully saturated rings. The van der Waals surface area contributed by atoms with E-state index in [2.05, 4.69) is 15.2 Å². The first-order valence-corrected chi connectivity index (χ1v) is 10.4. The molecular weight excluding hydrogens is 391 g/mol. The molecule has 3 aromatic rings. The van der Waals surface area contributed by atoms with Gasteiger partial charge in [0.1, 0.15) is 17.1 Å². The molecule has 4 rings (SSSR count). The molecule has 1 aliphatic heterocycles.